The average molecular weight is 408 g/mol. The van der Waals surface area contributed by atoms with Gasteiger partial charge in [0, 0.05) is 5.02 Å². The molecule has 0 heterocycles. The number of methoxy groups -OCH3 is 3. The molecular weight excluding hydrogens is 386 g/mol. The zero-order valence-corrected chi connectivity index (χ0v) is 16.8. The molecule has 0 spiro atoms. The first-order chi connectivity index (χ1) is 13.4. The normalized spacial score (nSPS) is 11.3. The van der Waals surface area contributed by atoms with E-state index in [2.05, 4.69) is 5.32 Å². The molecule has 0 aliphatic carbocycles. The lowest BCUT2D eigenvalue weighted by Gasteiger charge is -2.15. The number of carbonyl (C=O) groups is 2. The zero-order valence-electron chi connectivity index (χ0n) is 16.1. The van der Waals surface area contributed by atoms with Crippen molar-refractivity contribution in [3.63, 3.8) is 0 Å². The summed E-state index contributed by atoms with van der Waals surface area (Å²) in [5, 5.41) is 3.37. The molecule has 1 atom stereocenters. The second-order valence-corrected chi connectivity index (χ2v) is 6.27. The van der Waals surface area contributed by atoms with Gasteiger partial charge in [-0.05, 0) is 36.8 Å². The van der Waals surface area contributed by atoms with Crippen LogP contribution in [0.4, 0.5) is 0 Å². The first kappa shape index (κ1) is 21.4. The molecule has 150 valence electrons. The van der Waals surface area contributed by atoms with E-state index in [0.29, 0.717) is 22.3 Å². The van der Waals surface area contributed by atoms with E-state index in [-0.39, 0.29) is 11.6 Å². The molecule has 0 bridgehead atoms. The highest BCUT2D eigenvalue weighted by atomic mass is 35.5. The van der Waals surface area contributed by atoms with E-state index in [0.717, 1.165) is 5.56 Å². The summed E-state index contributed by atoms with van der Waals surface area (Å²) >= 11 is 5.86. The van der Waals surface area contributed by atoms with Gasteiger partial charge in [0.15, 0.2) is 18.1 Å². The molecule has 7 nitrogen and oxygen atoms in total. The highest BCUT2D eigenvalue weighted by molar-refractivity contribution is 6.30. The van der Waals surface area contributed by atoms with Gasteiger partial charge < -0.3 is 24.3 Å². The van der Waals surface area contributed by atoms with E-state index >= 15 is 0 Å². The van der Waals surface area contributed by atoms with Crippen LogP contribution in [0.25, 0.3) is 0 Å². The number of halogens is 1. The Morgan fingerprint density at radius 1 is 1.00 bits per heavy atom. The topological polar surface area (TPSA) is 83.1 Å². The second kappa shape index (κ2) is 9.85. The van der Waals surface area contributed by atoms with Crippen LogP contribution in [0.5, 0.6) is 17.2 Å². The van der Waals surface area contributed by atoms with Crippen LogP contribution in [0.3, 0.4) is 0 Å². The highest BCUT2D eigenvalue weighted by Crippen LogP contribution is 2.38. The number of carbonyl (C=O) groups excluding carboxylic acids is 2. The fraction of sp³-hybridized carbons (Fsp3) is 0.300. The van der Waals surface area contributed by atoms with Crippen LogP contribution in [0.1, 0.15) is 28.9 Å². The summed E-state index contributed by atoms with van der Waals surface area (Å²) in [6.07, 6.45) is 0. The maximum absolute atomic E-state index is 12.3. The van der Waals surface area contributed by atoms with Gasteiger partial charge in [-0.15, -0.1) is 0 Å². The summed E-state index contributed by atoms with van der Waals surface area (Å²) in [4.78, 5) is 24.4. The maximum atomic E-state index is 12.3. The van der Waals surface area contributed by atoms with Crippen LogP contribution in [0, 0.1) is 0 Å². The van der Waals surface area contributed by atoms with Crippen LogP contribution in [-0.2, 0) is 9.53 Å². The predicted octanol–water partition coefficient (Wildman–Crippen LogP) is 3.40. The summed E-state index contributed by atoms with van der Waals surface area (Å²) in [6.45, 7) is 1.40. The molecule has 0 aromatic heterocycles. The molecule has 0 aliphatic heterocycles. The molecule has 0 radical (unpaired) electrons. The fourth-order valence-electron chi connectivity index (χ4n) is 2.53. The number of ether oxygens (including phenoxy) is 4. The Morgan fingerprint density at radius 3 is 2.07 bits per heavy atom. The van der Waals surface area contributed by atoms with Gasteiger partial charge in [-0.2, -0.15) is 0 Å². The Kier molecular flexibility index (Phi) is 7.52. The lowest BCUT2D eigenvalue weighted by atomic mass is 10.1. The Hall–Kier alpha value is -2.93. The highest BCUT2D eigenvalue weighted by Gasteiger charge is 2.19. The van der Waals surface area contributed by atoms with Crippen molar-refractivity contribution < 1.29 is 28.5 Å². The van der Waals surface area contributed by atoms with Gasteiger partial charge in [-0.25, -0.2) is 4.79 Å². The Labute approximate surface area is 168 Å². The van der Waals surface area contributed by atoms with Crippen molar-refractivity contribution in [3.05, 3.63) is 52.5 Å². The molecule has 1 N–H and O–H groups in total. The molecule has 0 saturated carbocycles. The van der Waals surface area contributed by atoms with Gasteiger partial charge in [0.05, 0.1) is 32.9 Å². The molecule has 1 amide bonds. The van der Waals surface area contributed by atoms with Crippen LogP contribution < -0.4 is 19.5 Å². The van der Waals surface area contributed by atoms with Crippen molar-refractivity contribution in [1.29, 1.82) is 0 Å². The van der Waals surface area contributed by atoms with E-state index in [9.17, 15) is 9.59 Å². The van der Waals surface area contributed by atoms with Crippen molar-refractivity contribution in [2.75, 3.05) is 27.9 Å². The Morgan fingerprint density at radius 2 is 1.57 bits per heavy atom. The monoisotopic (exact) mass is 407 g/mol. The summed E-state index contributed by atoms with van der Waals surface area (Å²) in [6, 6.07) is 9.76. The smallest absolute Gasteiger partial charge is 0.338 e. The lowest BCUT2D eigenvalue weighted by Crippen LogP contribution is -2.31. The molecule has 2 rings (SSSR count). The minimum absolute atomic E-state index is 0.174. The number of esters is 1. The number of rotatable bonds is 8. The molecule has 2 aromatic carbocycles. The number of amides is 1. The maximum Gasteiger partial charge on any atom is 0.338 e. The number of hydrogen-bond donors (Lipinski definition) is 1. The molecular formula is C20H22ClNO6. The van der Waals surface area contributed by atoms with E-state index in [1.165, 1.54) is 33.5 Å². The van der Waals surface area contributed by atoms with Crippen molar-refractivity contribution in [2.45, 2.75) is 13.0 Å². The summed E-state index contributed by atoms with van der Waals surface area (Å²) in [5.74, 6) is -0.128. The van der Waals surface area contributed by atoms with Gasteiger partial charge in [0.2, 0.25) is 5.75 Å². The average Bonchev–Trinajstić information content (AvgIpc) is 2.71. The largest absolute Gasteiger partial charge is 0.493 e. The van der Waals surface area contributed by atoms with Gasteiger partial charge in [-0.1, -0.05) is 23.7 Å². The van der Waals surface area contributed by atoms with Crippen molar-refractivity contribution in [3.8, 4) is 17.2 Å². The number of hydrogen-bond acceptors (Lipinski definition) is 6. The summed E-state index contributed by atoms with van der Waals surface area (Å²) in [7, 11) is 4.35. The predicted molar refractivity (Wildman–Crippen MR) is 104 cm³/mol. The molecule has 0 fully saturated rings. The molecule has 8 heteroatoms. The van der Waals surface area contributed by atoms with Crippen molar-refractivity contribution in [2.24, 2.45) is 0 Å². The van der Waals surface area contributed by atoms with Crippen molar-refractivity contribution in [1.82, 2.24) is 5.32 Å². The standard InChI is InChI=1S/C20H22ClNO6/c1-12(13-5-7-15(21)8-6-13)22-18(23)11-28-20(24)14-9-16(25-2)19(27-4)17(10-14)26-3/h5-10,12H,11H2,1-4H3,(H,22,23)/t12-/m1/s1. The second-order valence-electron chi connectivity index (χ2n) is 5.83. The van der Waals surface area contributed by atoms with Crippen LogP contribution in [0.15, 0.2) is 36.4 Å². The third-order valence-corrected chi connectivity index (χ3v) is 4.23. The molecule has 2 aromatic rings. The van der Waals surface area contributed by atoms with Gasteiger partial charge in [0.1, 0.15) is 0 Å². The van der Waals surface area contributed by atoms with Gasteiger partial charge >= 0.3 is 5.97 Å². The van der Waals surface area contributed by atoms with Crippen molar-refractivity contribution >= 4 is 23.5 Å². The lowest BCUT2D eigenvalue weighted by molar-refractivity contribution is -0.124. The fourth-order valence-corrected chi connectivity index (χ4v) is 2.66. The molecule has 0 saturated heterocycles. The van der Waals surface area contributed by atoms with Crippen LogP contribution in [-0.4, -0.2) is 39.8 Å². The van der Waals surface area contributed by atoms with E-state index in [1.807, 2.05) is 19.1 Å². The first-order valence-corrected chi connectivity index (χ1v) is 8.79. The number of nitrogens with one attached hydrogen (secondary N) is 1. The Balaban J connectivity index is 1.99. The minimum atomic E-state index is -0.687. The number of benzene rings is 2. The van der Waals surface area contributed by atoms with E-state index < -0.39 is 18.5 Å². The minimum Gasteiger partial charge on any atom is -0.493 e. The van der Waals surface area contributed by atoms with Crippen LogP contribution >= 0.6 is 11.6 Å². The SMILES string of the molecule is COc1cc(C(=O)OCC(=O)N[C@H](C)c2ccc(Cl)cc2)cc(OC)c1OC. The van der Waals surface area contributed by atoms with Gasteiger partial charge in [0.25, 0.3) is 5.91 Å². The first-order valence-electron chi connectivity index (χ1n) is 8.41. The molecule has 0 aliphatic rings. The van der Waals surface area contributed by atoms with Gasteiger partial charge in [-0.3, -0.25) is 4.79 Å². The summed E-state index contributed by atoms with van der Waals surface area (Å²) in [5.41, 5.74) is 1.06. The molecule has 0 unspecified atom stereocenters. The molecule has 28 heavy (non-hydrogen) atoms. The quantitative estimate of drug-likeness (QED) is 0.675. The van der Waals surface area contributed by atoms with E-state index in [1.54, 1.807) is 12.1 Å². The van der Waals surface area contributed by atoms with Crippen LogP contribution in [0.2, 0.25) is 5.02 Å². The summed E-state index contributed by atoms with van der Waals surface area (Å²) < 4.78 is 20.7. The zero-order chi connectivity index (χ0) is 20.7. The third-order valence-electron chi connectivity index (χ3n) is 3.98. The Bertz CT molecular complexity index is 812. The third kappa shape index (κ3) is 5.29. The van der Waals surface area contributed by atoms with E-state index in [4.69, 9.17) is 30.5 Å².